The summed E-state index contributed by atoms with van der Waals surface area (Å²) in [5, 5.41) is 9.37. The van der Waals surface area contributed by atoms with Crippen molar-refractivity contribution in [2.75, 3.05) is 11.4 Å². The standard InChI is InChI=1S/C15H18F3NO2/c1-4-19-11-6-5-10(15(16,17)18)7-9(11)8-12(19)14(2,3)13(20)21/h5-7,12H,4,8H2,1-3H3,(H,20,21). The van der Waals surface area contributed by atoms with Crippen molar-refractivity contribution < 1.29 is 23.1 Å². The smallest absolute Gasteiger partial charge is 0.416 e. The molecule has 0 fully saturated rings. The minimum absolute atomic E-state index is 0.312. The Morgan fingerprint density at radius 3 is 2.48 bits per heavy atom. The molecule has 1 aromatic carbocycles. The molecule has 21 heavy (non-hydrogen) atoms. The van der Waals surface area contributed by atoms with E-state index in [4.69, 9.17) is 0 Å². The van der Waals surface area contributed by atoms with E-state index in [1.807, 2.05) is 11.8 Å². The second-order valence-electron chi connectivity index (χ2n) is 5.87. The van der Waals surface area contributed by atoms with Crippen LogP contribution < -0.4 is 4.90 Å². The highest BCUT2D eigenvalue weighted by Crippen LogP contribution is 2.42. The van der Waals surface area contributed by atoms with Crippen molar-refractivity contribution >= 4 is 11.7 Å². The van der Waals surface area contributed by atoms with E-state index in [2.05, 4.69) is 0 Å². The number of carboxylic acids is 1. The number of anilines is 1. The summed E-state index contributed by atoms with van der Waals surface area (Å²) in [7, 11) is 0. The number of likely N-dealkylation sites (N-methyl/N-ethyl adjacent to an activating group) is 1. The fourth-order valence-corrected chi connectivity index (χ4v) is 2.87. The molecule has 1 aromatic rings. The molecule has 3 nitrogen and oxygen atoms in total. The van der Waals surface area contributed by atoms with Crippen LogP contribution in [0.15, 0.2) is 18.2 Å². The van der Waals surface area contributed by atoms with Gasteiger partial charge in [-0.3, -0.25) is 4.79 Å². The van der Waals surface area contributed by atoms with Gasteiger partial charge in [0.15, 0.2) is 0 Å². The van der Waals surface area contributed by atoms with Gasteiger partial charge in [0, 0.05) is 18.3 Å². The van der Waals surface area contributed by atoms with Crippen molar-refractivity contribution in [3.63, 3.8) is 0 Å². The van der Waals surface area contributed by atoms with E-state index >= 15 is 0 Å². The van der Waals surface area contributed by atoms with Crippen LogP contribution in [0.4, 0.5) is 18.9 Å². The third-order valence-electron chi connectivity index (χ3n) is 4.23. The third-order valence-corrected chi connectivity index (χ3v) is 4.23. The summed E-state index contributed by atoms with van der Waals surface area (Å²) in [5.41, 5.74) is -0.463. The molecule has 1 atom stereocenters. The lowest BCUT2D eigenvalue weighted by molar-refractivity contribution is -0.148. The molecule has 0 saturated heterocycles. The van der Waals surface area contributed by atoms with Crippen LogP contribution in [0.3, 0.4) is 0 Å². The SMILES string of the molecule is CCN1c2ccc(C(F)(F)F)cc2CC1C(C)(C)C(=O)O. The molecule has 116 valence electrons. The first kappa shape index (κ1) is 15.7. The van der Waals surface area contributed by atoms with Crippen LogP contribution in [0.5, 0.6) is 0 Å². The van der Waals surface area contributed by atoms with E-state index in [0.29, 0.717) is 24.2 Å². The van der Waals surface area contributed by atoms with Crippen molar-refractivity contribution in [1.82, 2.24) is 0 Å². The summed E-state index contributed by atoms with van der Waals surface area (Å²) < 4.78 is 38.4. The lowest BCUT2D eigenvalue weighted by Gasteiger charge is -2.35. The second kappa shape index (κ2) is 4.93. The quantitative estimate of drug-likeness (QED) is 0.928. The van der Waals surface area contributed by atoms with Crippen molar-refractivity contribution in [2.24, 2.45) is 5.41 Å². The number of hydrogen-bond acceptors (Lipinski definition) is 2. The van der Waals surface area contributed by atoms with Gasteiger partial charge in [-0.2, -0.15) is 13.2 Å². The molecule has 2 rings (SSSR count). The highest BCUT2D eigenvalue weighted by atomic mass is 19.4. The zero-order chi connectivity index (χ0) is 16.0. The van der Waals surface area contributed by atoms with Crippen LogP contribution in [-0.2, 0) is 17.4 Å². The van der Waals surface area contributed by atoms with Gasteiger partial charge in [-0.15, -0.1) is 0 Å². The number of carbonyl (C=O) groups is 1. The number of benzene rings is 1. The van der Waals surface area contributed by atoms with Gasteiger partial charge in [0.25, 0.3) is 0 Å². The molecule has 1 aliphatic rings. The van der Waals surface area contributed by atoms with Gasteiger partial charge in [-0.1, -0.05) is 0 Å². The largest absolute Gasteiger partial charge is 0.481 e. The van der Waals surface area contributed by atoms with Crippen LogP contribution in [-0.4, -0.2) is 23.7 Å². The van der Waals surface area contributed by atoms with Gasteiger partial charge in [0.1, 0.15) is 0 Å². The van der Waals surface area contributed by atoms with Gasteiger partial charge in [0.05, 0.1) is 11.0 Å². The zero-order valence-corrected chi connectivity index (χ0v) is 12.2. The highest BCUT2D eigenvalue weighted by Gasteiger charge is 2.44. The number of aliphatic carboxylic acids is 1. The molecule has 6 heteroatoms. The zero-order valence-electron chi connectivity index (χ0n) is 12.2. The van der Waals surface area contributed by atoms with Crippen molar-refractivity contribution in [1.29, 1.82) is 0 Å². The van der Waals surface area contributed by atoms with Crippen LogP contribution >= 0.6 is 0 Å². The van der Waals surface area contributed by atoms with Gasteiger partial charge in [-0.25, -0.2) is 0 Å². The maximum absolute atomic E-state index is 12.8. The number of hydrogen-bond donors (Lipinski definition) is 1. The Kier molecular flexibility index (Phi) is 3.68. The van der Waals surface area contributed by atoms with Crippen molar-refractivity contribution in [2.45, 2.75) is 39.4 Å². The third kappa shape index (κ3) is 2.59. The first-order valence-electron chi connectivity index (χ1n) is 6.79. The molecular formula is C15H18F3NO2. The van der Waals surface area contributed by atoms with Gasteiger partial charge >= 0.3 is 12.1 Å². The normalized spacial score (nSPS) is 18.8. The van der Waals surface area contributed by atoms with Crippen LogP contribution in [0.1, 0.15) is 31.9 Å². The van der Waals surface area contributed by atoms with Gasteiger partial charge in [0.2, 0.25) is 0 Å². The van der Waals surface area contributed by atoms with E-state index in [-0.39, 0.29) is 6.04 Å². The Morgan fingerprint density at radius 1 is 1.38 bits per heavy atom. The van der Waals surface area contributed by atoms with Gasteiger partial charge < -0.3 is 10.0 Å². The molecule has 0 amide bonds. The number of fused-ring (bicyclic) bond motifs is 1. The Balaban J connectivity index is 2.44. The Hall–Kier alpha value is -1.72. The molecule has 0 aliphatic carbocycles. The molecule has 0 saturated carbocycles. The molecule has 0 radical (unpaired) electrons. The summed E-state index contributed by atoms with van der Waals surface area (Å²) in [4.78, 5) is 13.3. The number of carboxylic acid groups (broad SMARTS) is 1. The summed E-state index contributed by atoms with van der Waals surface area (Å²) in [6.45, 7) is 5.65. The van der Waals surface area contributed by atoms with E-state index in [9.17, 15) is 23.1 Å². The van der Waals surface area contributed by atoms with Crippen molar-refractivity contribution in [3.8, 4) is 0 Å². The summed E-state index contributed by atoms with van der Waals surface area (Å²) in [5.74, 6) is -0.949. The first-order valence-corrected chi connectivity index (χ1v) is 6.79. The fourth-order valence-electron chi connectivity index (χ4n) is 2.87. The number of alkyl halides is 3. The number of rotatable bonds is 3. The lowest BCUT2D eigenvalue weighted by Crippen LogP contribution is -2.47. The van der Waals surface area contributed by atoms with Crippen LogP contribution in [0.25, 0.3) is 0 Å². The Morgan fingerprint density at radius 2 is 2.00 bits per heavy atom. The van der Waals surface area contributed by atoms with Crippen LogP contribution in [0, 0.1) is 5.41 Å². The Bertz CT molecular complexity index is 567. The fraction of sp³-hybridized carbons (Fsp3) is 0.533. The average molecular weight is 301 g/mol. The molecule has 0 bridgehead atoms. The summed E-state index contributed by atoms with van der Waals surface area (Å²) in [6, 6.07) is 3.28. The maximum atomic E-state index is 12.8. The highest BCUT2D eigenvalue weighted by molar-refractivity contribution is 5.77. The van der Waals surface area contributed by atoms with E-state index < -0.39 is 23.1 Å². The predicted molar refractivity (Wildman–Crippen MR) is 73.4 cm³/mol. The molecule has 0 aromatic heterocycles. The number of halogens is 3. The molecular weight excluding hydrogens is 283 g/mol. The minimum atomic E-state index is -4.38. The molecule has 1 heterocycles. The topological polar surface area (TPSA) is 40.5 Å². The molecule has 0 spiro atoms. The minimum Gasteiger partial charge on any atom is -0.481 e. The second-order valence-corrected chi connectivity index (χ2v) is 5.87. The average Bonchev–Trinajstić information content (AvgIpc) is 2.75. The summed E-state index contributed by atoms with van der Waals surface area (Å²) in [6.07, 6.45) is -4.07. The maximum Gasteiger partial charge on any atom is 0.416 e. The van der Waals surface area contributed by atoms with E-state index in [1.54, 1.807) is 13.8 Å². The van der Waals surface area contributed by atoms with Crippen molar-refractivity contribution in [3.05, 3.63) is 29.3 Å². The lowest BCUT2D eigenvalue weighted by atomic mass is 9.82. The first-order chi connectivity index (χ1) is 9.59. The molecule has 1 aliphatic heterocycles. The monoisotopic (exact) mass is 301 g/mol. The molecule has 1 unspecified atom stereocenters. The number of nitrogens with zero attached hydrogens (tertiary/aromatic N) is 1. The predicted octanol–water partition coefficient (Wildman–Crippen LogP) is 3.57. The molecule has 1 N–H and O–H groups in total. The Labute approximate surface area is 121 Å². The van der Waals surface area contributed by atoms with E-state index in [0.717, 1.165) is 12.1 Å². The summed E-state index contributed by atoms with van der Waals surface area (Å²) >= 11 is 0. The van der Waals surface area contributed by atoms with Gasteiger partial charge in [-0.05, 0) is 51.0 Å². The van der Waals surface area contributed by atoms with E-state index in [1.165, 1.54) is 6.07 Å². The van der Waals surface area contributed by atoms with Crippen LogP contribution in [0.2, 0.25) is 0 Å².